The average molecular weight is 326 g/mol. The van der Waals surface area contributed by atoms with Crippen molar-refractivity contribution in [1.82, 2.24) is 0 Å². The number of unbranched alkanes of at least 4 members (excludes halogenated alkanes) is 3. The van der Waals surface area contributed by atoms with Gasteiger partial charge in [0.25, 0.3) is 0 Å². The van der Waals surface area contributed by atoms with Crippen LogP contribution in [0.4, 0.5) is 0 Å². The maximum atomic E-state index is 11.2. The normalized spacial score (nSPS) is 16.7. The Morgan fingerprint density at radius 2 is 1.76 bits per heavy atom. The molecule has 0 radical (unpaired) electrons. The largest absolute Gasteiger partial charge is 0.470 e. The SMILES string of the molecule is CCCCCOCC(CO)C(C)(CCCC)OP(=O)(O)O. The lowest BCUT2D eigenvalue weighted by molar-refractivity contribution is -0.0636. The molecule has 0 aromatic heterocycles. The summed E-state index contributed by atoms with van der Waals surface area (Å²) >= 11 is 0. The van der Waals surface area contributed by atoms with Gasteiger partial charge in [-0.15, -0.1) is 0 Å². The lowest BCUT2D eigenvalue weighted by atomic mass is 9.86. The minimum absolute atomic E-state index is 0.228. The number of hydrogen-bond donors (Lipinski definition) is 3. The summed E-state index contributed by atoms with van der Waals surface area (Å²) < 4.78 is 21.7. The molecule has 0 spiro atoms. The van der Waals surface area contributed by atoms with Crippen molar-refractivity contribution < 1.29 is 28.7 Å². The zero-order valence-corrected chi connectivity index (χ0v) is 14.3. The van der Waals surface area contributed by atoms with E-state index in [1.54, 1.807) is 6.92 Å². The van der Waals surface area contributed by atoms with Crippen molar-refractivity contribution in [2.45, 2.75) is 64.9 Å². The zero-order chi connectivity index (χ0) is 16.4. The van der Waals surface area contributed by atoms with E-state index in [1.165, 1.54) is 0 Å². The first-order valence-electron chi connectivity index (χ1n) is 7.74. The van der Waals surface area contributed by atoms with Crippen LogP contribution in [0.2, 0.25) is 0 Å². The van der Waals surface area contributed by atoms with Gasteiger partial charge in [-0.25, -0.2) is 4.57 Å². The molecule has 0 saturated heterocycles. The molecule has 0 fully saturated rings. The molecule has 0 aliphatic heterocycles. The third-order valence-electron chi connectivity index (χ3n) is 3.65. The van der Waals surface area contributed by atoms with Gasteiger partial charge in [-0.2, -0.15) is 0 Å². The summed E-state index contributed by atoms with van der Waals surface area (Å²) in [6.45, 7) is 6.33. The maximum Gasteiger partial charge on any atom is 0.470 e. The molecule has 0 aromatic rings. The van der Waals surface area contributed by atoms with E-state index in [-0.39, 0.29) is 13.2 Å². The second-order valence-corrected chi connectivity index (χ2v) is 6.82. The molecule has 0 saturated carbocycles. The lowest BCUT2D eigenvalue weighted by Crippen LogP contribution is -2.42. The summed E-state index contributed by atoms with van der Waals surface area (Å²) in [5, 5.41) is 9.55. The fraction of sp³-hybridized carbons (Fsp3) is 1.00. The van der Waals surface area contributed by atoms with E-state index in [2.05, 4.69) is 6.92 Å². The summed E-state index contributed by atoms with van der Waals surface area (Å²) in [5.74, 6) is -0.460. The van der Waals surface area contributed by atoms with E-state index in [4.69, 9.17) is 19.0 Å². The molecule has 6 nitrogen and oxygen atoms in total. The Balaban J connectivity index is 4.62. The first-order valence-corrected chi connectivity index (χ1v) is 9.27. The van der Waals surface area contributed by atoms with Crippen molar-refractivity contribution in [3.05, 3.63) is 0 Å². The highest BCUT2D eigenvalue weighted by molar-refractivity contribution is 7.46. The number of hydrogen-bond acceptors (Lipinski definition) is 4. The predicted molar refractivity (Wildman–Crippen MR) is 82.0 cm³/mol. The Morgan fingerprint density at radius 3 is 2.24 bits per heavy atom. The van der Waals surface area contributed by atoms with E-state index >= 15 is 0 Å². The van der Waals surface area contributed by atoms with Crippen LogP contribution in [0.3, 0.4) is 0 Å². The summed E-state index contributed by atoms with van der Waals surface area (Å²) in [5.41, 5.74) is -1.09. The number of aliphatic hydroxyl groups is 1. The van der Waals surface area contributed by atoms with Crippen molar-refractivity contribution in [2.24, 2.45) is 5.92 Å². The van der Waals surface area contributed by atoms with Gasteiger partial charge in [-0.3, -0.25) is 4.52 Å². The van der Waals surface area contributed by atoms with Crippen LogP contribution in [0, 0.1) is 5.92 Å². The summed E-state index contributed by atoms with van der Waals surface area (Å²) in [4.78, 5) is 18.2. The molecule has 0 rings (SSSR count). The fourth-order valence-corrected chi connectivity index (χ4v) is 3.01. The molecule has 0 amide bonds. The summed E-state index contributed by atoms with van der Waals surface area (Å²) in [6.07, 6.45) is 5.24. The first kappa shape index (κ1) is 21.0. The van der Waals surface area contributed by atoms with Crippen LogP contribution in [0.25, 0.3) is 0 Å². The molecule has 2 atom stereocenters. The topological polar surface area (TPSA) is 96.2 Å². The van der Waals surface area contributed by atoms with E-state index in [9.17, 15) is 9.67 Å². The molecule has 0 heterocycles. The Morgan fingerprint density at radius 1 is 1.14 bits per heavy atom. The van der Waals surface area contributed by atoms with E-state index in [1.807, 2.05) is 6.92 Å². The Bertz CT molecular complexity index is 306. The molecule has 7 heteroatoms. The minimum atomic E-state index is -4.61. The molecule has 0 bridgehead atoms. The van der Waals surface area contributed by atoms with Gasteiger partial charge in [-0.05, 0) is 19.8 Å². The van der Waals surface area contributed by atoms with Crippen LogP contribution < -0.4 is 0 Å². The number of aliphatic hydroxyl groups excluding tert-OH is 1. The molecule has 0 aromatic carbocycles. The highest BCUT2D eigenvalue weighted by atomic mass is 31.2. The molecular weight excluding hydrogens is 295 g/mol. The Hall–Kier alpha value is 0.0300. The standard InChI is InChI=1S/C14H31O6P/c1-4-6-8-10-19-12-13(11-15)14(3,9-7-5-2)20-21(16,17)18/h13,15H,4-12H2,1-3H3,(H2,16,17,18). The molecule has 21 heavy (non-hydrogen) atoms. The first-order chi connectivity index (χ1) is 9.79. The third-order valence-corrected chi connectivity index (χ3v) is 4.30. The Kier molecular flexibility index (Phi) is 10.7. The highest BCUT2D eigenvalue weighted by Gasteiger charge is 2.40. The van der Waals surface area contributed by atoms with Crippen molar-refractivity contribution >= 4 is 7.82 Å². The van der Waals surface area contributed by atoms with Crippen molar-refractivity contribution in [2.75, 3.05) is 19.8 Å². The van der Waals surface area contributed by atoms with Gasteiger partial charge in [0.2, 0.25) is 0 Å². The third kappa shape index (κ3) is 9.61. The van der Waals surface area contributed by atoms with Gasteiger partial charge in [0, 0.05) is 12.5 Å². The van der Waals surface area contributed by atoms with Crippen LogP contribution in [0.1, 0.15) is 59.3 Å². The molecular formula is C14H31O6P. The van der Waals surface area contributed by atoms with Gasteiger partial charge in [0.05, 0.1) is 18.8 Å². The second kappa shape index (κ2) is 10.7. The predicted octanol–water partition coefficient (Wildman–Crippen LogP) is 2.86. The minimum Gasteiger partial charge on any atom is -0.396 e. The molecule has 0 aliphatic carbocycles. The monoisotopic (exact) mass is 326 g/mol. The number of phosphoric ester groups is 1. The second-order valence-electron chi connectivity index (χ2n) is 5.66. The van der Waals surface area contributed by atoms with E-state index in [0.717, 1.165) is 32.1 Å². The average Bonchev–Trinajstić information content (AvgIpc) is 2.38. The van der Waals surface area contributed by atoms with Gasteiger partial charge in [-0.1, -0.05) is 39.5 Å². The quantitative estimate of drug-likeness (QED) is 0.356. The number of phosphoric acid groups is 1. The molecule has 2 unspecified atom stereocenters. The van der Waals surface area contributed by atoms with Crippen LogP contribution in [0.15, 0.2) is 0 Å². The van der Waals surface area contributed by atoms with Crippen LogP contribution in [0.5, 0.6) is 0 Å². The summed E-state index contributed by atoms with van der Waals surface area (Å²) in [6, 6.07) is 0. The molecule has 128 valence electrons. The van der Waals surface area contributed by atoms with Gasteiger partial charge in [0.1, 0.15) is 0 Å². The highest BCUT2D eigenvalue weighted by Crippen LogP contribution is 2.46. The zero-order valence-electron chi connectivity index (χ0n) is 13.5. The molecule has 3 N–H and O–H groups in total. The van der Waals surface area contributed by atoms with Crippen molar-refractivity contribution in [1.29, 1.82) is 0 Å². The van der Waals surface area contributed by atoms with Crippen LogP contribution >= 0.6 is 7.82 Å². The number of rotatable bonds is 13. The molecule has 0 aliphatic rings. The maximum absolute atomic E-state index is 11.2. The summed E-state index contributed by atoms with van der Waals surface area (Å²) in [7, 11) is -4.61. The fourth-order valence-electron chi connectivity index (χ4n) is 2.23. The number of ether oxygens (including phenoxy) is 1. The lowest BCUT2D eigenvalue weighted by Gasteiger charge is -2.36. The van der Waals surface area contributed by atoms with Crippen LogP contribution in [-0.4, -0.2) is 40.3 Å². The smallest absolute Gasteiger partial charge is 0.396 e. The van der Waals surface area contributed by atoms with Crippen molar-refractivity contribution in [3.63, 3.8) is 0 Å². The van der Waals surface area contributed by atoms with Crippen LogP contribution in [-0.2, 0) is 13.8 Å². The van der Waals surface area contributed by atoms with Gasteiger partial charge >= 0.3 is 7.82 Å². The van der Waals surface area contributed by atoms with E-state index in [0.29, 0.717) is 13.0 Å². The van der Waals surface area contributed by atoms with Gasteiger partial charge < -0.3 is 19.6 Å². The van der Waals surface area contributed by atoms with Crippen molar-refractivity contribution in [3.8, 4) is 0 Å². The van der Waals surface area contributed by atoms with E-state index < -0.39 is 19.3 Å². The Labute approximate surface area is 128 Å². The van der Waals surface area contributed by atoms with Gasteiger partial charge in [0.15, 0.2) is 0 Å².